The minimum Gasteiger partial charge on any atom is -0.431 e. The van der Waals surface area contributed by atoms with Crippen LogP contribution in [0.3, 0.4) is 0 Å². The highest BCUT2D eigenvalue weighted by Gasteiger charge is 2.39. The third-order valence-corrected chi connectivity index (χ3v) is 13.3. The number of carbonyl (C=O) groups is 1. The van der Waals surface area contributed by atoms with Crippen molar-refractivity contribution in [2.75, 3.05) is 11.1 Å². The molecule has 1 saturated heterocycles. The number of sulfonamides is 1. The quantitative estimate of drug-likeness (QED) is 0.0860. The van der Waals surface area contributed by atoms with Crippen LogP contribution in [0.2, 0.25) is 0 Å². The number of amides is 1. The third-order valence-electron chi connectivity index (χ3n) is 10.9. The van der Waals surface area contributed by atoms with E-state index in [1.165, 1.54) is 23.9 Å². The van der Waals surface area contributed by atoms with Crippen LogP contribution < -0.4 is 10.0 Å². The van der Waals surface area contributed by atoms with Gasteiger partial charge in [0.25, 0.3) is 5.22 Å². The van der Waals surface area contributed by atoms with Gasteiger partial charge in [0, 0.05) is 34.0 Å². The molecule has 0 spiro atoms. The van der Waals surface area contributed by atoms with Gasteiger partial charge in [-0.15, -0.1) is 0 Å². The van der Waals surface area contributed by atoms with E-state index in [0.717, 1.165) is 44.6 Å². The predicted octanol–water partition coefficient (Wildman–Crippen LogP) is 9.92. The number of aryl methyl sites for hydroxylation is 1. The van der Waals surface area contributed by atoms with Crippen molar-refractivity contribution in [2.24, 2.45) is 5.92 Å². The first-order valence-corrected chi connectivity index (χ1v) is 22.9. The van der Waals surface area contributed by atoms with E-state index < -0.39 is 28.3 Å². The first-order chi connectivity index (χ1) is 30.1. The van der Waals surface area contributed by atoms with Crippen LogP contribution in [0.1, 0.15) is 47.1 Å². The number of hydrogen-bond donors (Lipinski definition) is 3. The minimum absolute atomic E-state index is 0.0625. The number of ether oxygens (including phenoxy) is 2. The molecular formula is C50H47N3O7S2. The molecule has 0 aliphatic carbocycles. The molecule has 62 heavy (non-hydrogen) atoms. The number of anilines is 1. The summed E-state index contributed by atoms with van der Waals surface area (Å²) in [6, 6.07) is 49.5. The fourth-order valence-corrected chi connectivity index (χ4v) is 9.55. The maximum atomic E-state index is 13.8. The normalized spacial score (nSPS) is 18.2. The van der Waals surface area contributed by atoms with E-state index >= 15 is 0 Å². The van der Waals surface area contributed by atoms with E-state index in [4.69, 9.17) is 18.9 Å². The molecular weight excluding hydrogens is 819 g/mol. The molecule has 12 heteroatoms. The fourth-order valence-electron chi connectivity index (χ4n) is 7.37. The summed E-state index contributed by atoms with van der Waals surface area (Å²) in [7, 11) is -4.01. The summed E-state index contributed by atoms with van der Waals surface area (Å²) in [5, 5.41) is 13.2. The van der Waals surface area contributed by atoms with Gasteiger partial charge >= 0.3 is 0 Å². The molecule has 8 rings (SSSR count). The summed E-state index contributed by atoms with van der Waals surface area (Å²) >= 11 is 1.48. The lowest BCUT2D eigenvalue weighted by Crippen LogP contribution is -2.45. The molecule has 1 aromatic heterocycles. The standard InChI is InChI=1S/C50H47N3O7S2/c1-33-18-28-42(29-19-33)62(56,57)53-43(30-35-12-6-3-7-13-35)48(55)51-41-26-24-40(25-27-41)49-58-44(34(2)46(59-49)39-22-20-36(31-54)21-23-39)32-61-50-52-45(37-14-8-4-9-15-37)47(60-50)38-16-10-5-11-17-38/h3-29,34,43-44,46,49,53-54H,30-32H2,1-2H3,(H,51,55)/t34-,43-,44+,46+,49+/m1/s1. The molecule has 0 unspecified atom stereocenters. The molecule has 1 aliphatic rings. The second-order valence-electron chi connectivity index (χ2n) is 15.3. The zero-order valence-electron chi connectivity index (χ0n) is 34.3. The van der Waals surface area contributed by atoms with Gasteiger partial charge in [-0.1, -0.05) is 164 Å². The zero-order chi connectivity index (χ0) is 43.1. The van der Waals surface area contributed by atoms with Gasteiger partial charge in [-0.2, -0.15) is 4.72 Å². The summed E-state index contributed by atoms with van der Waals surface area (Å²) in [6.07, 6.45) is -1.27. The number of carbonyl (C=O) groups excluding carboxylic acids is 1. The van der Waals surface area contributed by atoms with Crippen LogP contribution in [0.25, 0.3) is 22.6 Å². The first kappa shape index (κ1) is 42.8. The molecule has 3 N–H and O–H groups in total. The molecule has 1 amide bonds. The van der Waals surface area contributed by atoms with Crippen LogP contribution in [-0.4, -0.2) is 42.3 Å². The number of aromatic nitrogens is 1. The highest BCUT2D eigenvalue weighted by molar-refractivity contribution is 7.99. The number of hydrogen-bond acceptors (Lipinski definition) is 9. The monoisotopic (exact) mass is 865 g/mol. The van der Waals surface area contributed by atoms with Gasteiger partial charge in [0.1, 0.15) is 11.7 Å². The molecule has 1 fully saturated rings. The van der Waals surface area contributed by atoms with E-state index in [0.29, 0.717) is 22.4 Å². The Labute approximate surface area is 366 Å². The van der Waals surface area contributed by atoms with E-state index in [1.807, 2.05) is 134 Å². The summed E-state index contributed by atoms with van der Waals surface area (Å²) in [4.78, 5) is 18.9. The number of thioether (sulfide) groups is 1. The predicted molar refractivity (Wildman–Crippen MR) is 242 cm³/mol. The van der Waals surface area contributed by atoms with Crippen LogP contribution in [0.5, 0.6) is 0 Å². The Kier molecular flexibility index (Phi) is 13.4. The number of aliphatic hydroxyl groups excluding tert-OH is 1. The van der Waals surface area contributed by atoms with E-state index in [1.54, 1.807) is 24.3 Å². The number of oxazole rings is 1. The van der Waals surface area contributed by atoms with Gasteiger partial charge in [-0.25, -0.2) is 13.4 Å². The maximum absolute atomic E-state index is 13.8. The van der Waals surface area contributed by atoms with Crippen molar-refractivity contribution in [3.05, 3.63) is 192 Å². The Hall–Kier alpha value is -5.86. The molecule has 10 nitrogen and oxygen atoms in total. The molecule has 7 aromatic rings. The van der Waals surface area contributed by atoms with E-state index in [2.05, 4.69) is 17.0 Å². The van der Waals surface area contributed by atoms with Crippen LogP contribution in [0, 0.1) is 12.8 Å². The van der Waals surface area contributed by atoms with Crippen LogP contribution in [-0.2, 0) is 37.3 Å². The van der Waals surface area contributed by atoms with Crippen molar-refractivity contribution in [1.82, 2.24) is 9.71 Å². The van der Waals surface area contributed by atoms with Crippen molar-refractivity contribution in [2.45, 2.75) is 61.5 Å². The van der Waals surface area contributed by atoms with Crippen molar-refractivity contribution < 1.29 is 32.2 Å². The molecule has 0 radical (unpaired) electrons. The summed E-state index contributed by atoms with van der Waals surface area (Å²) in [5.74, 6) is 0.629. The Balaban J connectivity index is 1.02. The Morgan fingerprint density at radius 1 is 0.742 bits per heavy atom. The maximum Gasteiger partial charge on any atom is 0.256 e. The highest BCUT2D eigenvalue weighted by Crippen LogP contribution is 2.44. The molecule has 316 valence electrons. The van der Waals surface area contributed by atoms with E-state index in [-0.39, 0.29) is 36.0 Å². The average Bonchev–Trinajstić information content (AvgIpc) is 3.74. The lowest BCUT2D eigenvalue weighted by atomic mass is 9.91. The van der Waals surface area contributed by atoms with Crippen LogP contribution in [0.4, 0.5) is 5.69 Å². The second-order valence-corrected chi connectivity index (χ2v) is 18.0. The lowest BCUT2D eigenvalue weighted by molar-refractivity contribution is -0.268. The molecule has 0 bridgehead atoms. The van der Waals surface area contributed by atoms with Gasteiger partial charge in [-0.3, -0.25) is 4.79 Å². The van der Waals surface area contributed by atoms with Crippen molar-refractivity contribution in [1.29, 1.82) is 0 Å². The topological polar surface area (TPSA) is 140 Å². The average molecular weight is 866 g/mol. The highest BCUT2D eigenvalue weighted by atomic mass is 32.2. The van der Waals surface area contributed by atoms with Crippen molar-refractivity contribution in [3.63, 3.8) is 0 Å². The number of rotatable bonds is 15. The molecule has 2 heterocycles. The van der Waals surface area contributed by atoms with Crippen molar-refractivity contribution >= 4 is 33.4 Å². The van der Waals surface area contributed by atoms with Gasteiger partial charge in [0.05, 0.1) is 23.7 Å². The van der Waals surface area contributed by atoms with Gasteiger partial charge in [-0.05, 0) is 54.3 Å². The SMILES string of the molecule is Cc1ccc(S(=O)(=O)N[C@H](Cc2ccccc2)C(=O)Nc2ccc([C@H]3O[C@@H](CSc4nc(-c5ccccc5)c(-c5ccccc5)o4)[C@@H](C)[C@@H](c4ccc(CO)cc4)O3)cc2)cc1. The molecule has 6 aromatic carbocycles. The van der Waals surface area contributed by atoms with Crippen LogP contribution >= 0.6 is 11.8 Å². The number of aliphatic hydroxyl groups is 1. The third kappa shape index (κ3) is 10.2. The van der Waals surface area contributed by atoms with Gasteiger partial charge in [0.15, 0.2) is 12.1 Å². The summed E-state index contributed by atoms with van der Waals surface area (Å²) in [6.45, 7) is 3.92. The first-order valence-electron chi connectivity index (χ1n) is 20.4. The zero-order valence-corrected chi connectivity index (χ0v) is 35.9. The Morgan fingerprint density at radius 2 is 1.35 bits per heavy atom. The fraction of sp³-hybridized carbons (Fsp3) is 0.200. The minimum atomic E-state index is -4.01. The van der Waals surface area contributed by atoms with Gasteiger partial charge < -0.3 is 24.3 Å². The molecule has 5 atom stereocenters. The van der Waals surface area contributed by atoms with E-state index in [9.17, 15) is 18.3 Å². The molecule has 0 saturated carbocycles. The van der Waals surface area contributed by atoms with Crippen LogP contribution in [0.15, 0.2) is 178 Å². The second kappa shape index (κ2) is 19.5. The Bertz CT molecular complexity index is 2610. The smallest absolute Gasteiger partial charge is 0.256 e. The summed E-state index contributed by atoms with van der Waals surface area (Å²) in [5.41, 5.74) is 7.35. The van der Waals surface area contributed by atoms with Crippen molar-refractivity contribution in [3.8, 4) is 22.6 Å². The largest absolute Gasteiger partial charge is 0.431 e. The molecule has 1 aliphatic heterocycles. The Morgan fingerprint density at radius 3 is 2.00 bits per heavy atom. The number of nitrogens with one attached hydrogen (secondary N) is 2. The number of nitrogens with zero attached hydrogens (tertiary/aromatic N) is 1. The summed E-state index contributed by atoms with van der Waals surface area (Å²) < 4.78 is 49.4. The number of benzene rings is 6. The lowest BCUT2D eigenvalue weighted by Gasteiger charge is -2.41. The van der Waals surface area contributed by atoms with Gasteiger partial charge in [0.2, 0.25) is 15.9 Å².